The molecule has 1 atom stereocenters. The molecule has 0 aliphatic rings. The van der Waals surface area contributed by atoms with E-state index in [0.717, 1.165) is 31.2 Å². The molecular formula is C20H27ClN2O. The third-order valence-electron chi connectivity index (χ3n) is 3.96. The molecule has 2 rings (SSSR count). The van der Waals surface area contributed by atoms with E-state index in [-0.39, 0.29) is 24.4 Å². The molecule has 0 saturated heterocycles. The smallest absolute Gasteiger partial charge is 0.221 e. The van der Waals surface area contributed by atoms with Crippen molar-refractivity contribution in [3.63, 3.8) is 0 Å². The lowest BCUT2D eigenvalue weighted by Gasteiger charge is -2.19. The number of nitrogens with one attached hydrogen (secondary N) is 1. The molecule has 1 unspecified atom stereocenters. The van der Waals surface area contributed by atoms with Gasteiger partial charge in [-0.25, -0.2) is 0 Å². The molecule has 2 aromatic rings. The molecule has 130 valence electrons. The predicted molar refractivity (Wildman–Crippen MR) is 102 cm³/mol. The molecule has 0 aromatic heterocycles. The molecule has 0 spiro atoms. The normalized spacial score (nSPS) is 11.4. The summed E-state index contributed by atoms with van der Waals surface area (Å²) >= 11 is 0. The number of hydrogen-bond donors (Lipinski definition) is 2. The Balaban J connectivity index is 0.00000288. The first kappa shape index (κ1) is 20.2. The molecule has 3 N–H and O–H groups in total. The van der Waals surface area contributed by atoms with Crippen molar-refractivity contribution in [3.05, 3.63) is 71.8 Å². The Kier molecular flexibility index (Phi) is 9.81. The van der Waals surface area contributed by atoms with E-state index in [0.29, 0.717) is 13.0 Å². The maximum atomic E-state index is 11.9. The number of nitrogens with two attached hydrogens (primary N) is 1. The van der Waals surface area contributed by atoms with Crippen LogP contribution in [0.25, 0.3) is 0 Å². The lowest BCUT2D eigenvalue weighted by molar-refractivity contribution is -0.121. The number of aryl methyl sites for hydroxylation is 1. The van der Waals surface area contributed by atoms with Crippen LogP contribution in [-0.2, 0) is 11.2 Å². The summed E-state index contributed by atoms with van der Waals surface area (Å²) in [6.07, 6.45) is 4.62. The Morgan fingerprint density at radius 3 is 2.21 bits per heavy atom. The molecule has 24 heavy (non-hydrogen) atoms. The minimum absolute atomic E-state index is 0. The van der Waals surface area contributed by atoms with Gasteiger partial charge in [-0.15, -0.1) is 12.4 Å². The van der Waals surface area contributed by atoms with E-state index in [1.165, 1.54) is 5.56 Å². The highest BCUT2D eigenvalue weighted by Gasteiger charge is 2.13. The Hall–Kier alpha value is -1.84. The number of carbonyl (C=O) groups is 1. The van der Waals surface area contributed by atoms with Gasteiger partial charge in [0.15, 0.2) is 0 Å². The Labute approximate surface area is 151 Å². The van der Waals surface area contributed by atoms with Crippen LogP contribution in [0, 0.1) is 0 Å². The van der Waals surface area contributed by atoms with Gasteiger partial charge in [0.25, 0.3) is 0 Å². The monoisotopic (exact) mass is 346 g/mol. The highest BCUT2D eigenvalue weighted by Crippen LogP contribution is 2.20. The molecule has 0 radical (unpaired) electrons. The molecule has 3 nitrogen and oxygen atoms in total. The molecule has 0 aliphatic carbocycles. The fourth-order valence-electron chi connectivity index (χ4n) is 2.73. The zero-order valence-corrected chi connectivity index (χ0v) is 14.8. The van der Waals surface area contributed by atoms with Gasteiger partial charge in [0.2, 0.25) is 5.91 Å². The largest absolute Gasteiger partial charge is 0.349 e. The minimum atomic E-state index is 0. The molecule has 0 aliphatic heterocycles. The van der Waals surface area contributed by atoms with E-state index in [1.54, 1.807) is 0 Å². The highest BCUT2D eigenvalue weighted by atomic mass is 35.5. The Bertz CT molecular complexity index is 575. The van der Waals surface area contributed by atoms with Gasteiger partial charge < -0.3 is 11.1 Å². The molecular weight excluding hydrogens is 320 g/mol. The van der Waals surface area contributed by atoms with Crippen molar-refractivity contribution >= 4 is 18.3 Å². The summed E-state index contributed by atoms with van der Waals surface area (Å²) in [4.78, 5) is 11.9. The van der Waals surface area contributed by atoms with Crippen LogP contribution in [-0.4, -0.2) is 12.5 Å². The molecule has 4 heteroatoms. The zero-order chi connectivity index (χ0) is 16.3. The van der Waals surface area contributed by atoms with Crippen LogP contribution in [0.1, 0.15) is 42.9 Å². The Morgan fingerprint density at radius 2 is 1.58 bits per heavy atom. The van der Waals surface area contributed by atoms with Crippen molar-refractivity contribution in [1.29, 1.82) is 0 Å². The van der Waals surface area contributed by atoms with Gasteiger partial charge in [-0.05, 0) is 30.4 Å². The van der Waals surface area contributed by atoms with Crippen molar-refractivity contribution in [2.45, 2.75) is 38.1 Å². The number of amides is 1. The van der Waals surface area contributed by atoms with Gasteiger partial charge in [-0.3, -0.25) is 4.79 Å². The maximum Gasteiger partial charge on any atom is 0.221 e. The van der Waals surface area contributed by atoms with Crippen LogP contribution >= 0.6 is 12.4 Å². The molecule has 0 bridgehead atoms. The Morgan fingerprint density at radius 1 is 0.958 bits per heavy atom. The number of rotatable bonds is 9. The van der Waals surface area contributed by atoms with E-state index < -0.39 is 0 Å². The number of carbonyl (C=O) groups excluding carboxylic acids is 1. The van der Waals surface area contributed by atoms with Crippen LogP contribution in [0.15, 0.2) is 60.7 Å². The summed E-state index contributed by atoms with van der Waals surface area (Å²) < 4.78 is 0. The van der Waals surface area contributed by atoms with E-state index >= 15 is 0 Å². The van der Waals surface area contributed by atoms with Crippen LogP contribution < -0.4 is 11.1 Å². The van der Waals surface area contributed by atoms with Crippen LogP contribution in [0.5, 0.6) is 0 Å². The minimum Gasteiger partial charge on any atom is -0.349 e. The van der Waals surface area contributed by atoms with Crippen LogP contribution in [0.4, 0.5) is 0 Å². The molecule has 0 fully saturated rings. The van der Waals surface area contributed by atoms with Crippen molar-refractivity contribution in [2.75, 3.05) is 6.54 Å². The van der Waals surface area contributed by atoms with Gasteiger partial charge in [0.05, 0.1) is 6.04 Å². The van der Waals surface area contributed by atoms with Gasteiger partial charge in [-0.2, -0.15) is 0 Å². The van der Waals surface area contributed by atoms with Gasteiger partial charge >= 0.3 is 0 Å². The first-order valence-electron chi connectivity index (χ1n) is 8.38. The summed E-state index contributed by atoms with van der Waals surface area (Å²) in [7, 11) is 0. The van der Waals surface area contributed by atoms with Crippen LogP contribution in [0.2, 0.25) is 0 Å². The second-order valence-corrected chi connectivity index (χ2v) is 5.80. The standard InChI is InChI=1S/C20H26N2O.ClH/c21-16-15-20(23)22-19(18-12-5-2-6-13-18)14-8-7-11-17-9-3-1-4-10-17;/h1-6,9-10,12-13,19H,7-8,11,14-16,21H2,(H,22,23);1H. The third-order valence-corrected chi connectivity index (χ3v) is 3.96. The summed E-state index contributed by atoms with van der Waals surface area (Å²) in [6.45, 7) is 0.390. The number of hydrogen-bond acceptors (Lipinski definition) is 2. The molecule has 2 aromatic carbocycles. The van der Waals surface area contributed by atoms with Crippen molar-refractivity contribution in [3.8, 4) is 0 Å². The second-order valence-electron chi connectivity index (χ2n) is 5.80. The predicted octanol–water partition coefficient (Wildman–Crippen LogP) is 4.03. The lowest BCUT2D eigenvalue weighted by atomic mass is 9.99. The SMILES string of the molecule is Cl.NCCC(=O)NC(CCCCc1ccccc1)c1ccccc1. The topological polar surface area (TPSA) is 55.1 Å². The lowest BCUT2D eigenvalue weighted by Crippen LogP contribution is -2.30. The van der Waals surface area contributed by atoms with E-state index in [4.69, 9.17) is 5.73 Å². The van der Waals surface area contributed by atoms with Crippen molar-refractivity contribution in [2.24, 2.45) is 5.73 Å². The number of benzene rings is 2. The average molecular weight is 347 g/mol. The summed E-state index contributed by atoms with van der Waals surface area (Å²) in [5, 5.41) is 3.11. The first-order valence-corrected chi connectivity index (χ1v) is 8.38. The van der Waals surface area contributed by atoms with Gasteiger partial charge in [0.1, 0.15) is 0 Å². The van der Waals surface area contributed by atoms with Crippen molar-refractivity contribution in [1.82, 2.24) is 5.32 Å². The summed E-state index contributed by atoms with van der Waals surface area (Å²) in [5.74, 6) is 0.0319. The second kappa shape index (κ2) is 11.7. The fraction of sp³-hybridized carbons (Fsp3) is 0.350. The third kappa shape index (κ3) is 7.16. The number of unbranched alkanes of at least 4 members (excludes halogenated alkanes) is 1. The zero-order valence-electron chi connectivity index (χ0n) is 14.0. The number of halogens is 1. The van der Waals surface area contributed by atoms with E-state index in [1.807, 2.05) is 24.3 Å². The highest BCUT2D eigenvalue weighted by molar-refractivity contribution is 5.85. The van der Waals surface area contributed by atoms with Gasteiger partial charge in [0, 0.05) is 13.0 Å². The molecule has 0 saturated carbocycles. The maximum absolute atomic E-state index is 11.9. The first-order chi connectivity index (χ1) is 11.3. The summed E-state index contributed by atoms with van der Waals surface area (Å²) in [6, 6.07) is 20.8. The van der Waals surface area contributed by atoms with E-state index in [2.05, 4.69) is 41.7 Å². The van der Waals surface area contributed by atoms with E-state index in [9.17, 15) is 4.79 Å². The average Bonchev–Trinajstić information content (AvgIpc) is 2.59. The van der Waals surface area contributed by atoms with Gasteiger partial charge in [-0.1, -0.05) is 67.1 Å². The summed E-state index contributed by atoms with van der Waals surface area (Å²) in [5.41, 5.74) is 8.00. The molecule has 0 heterocycles. The van der Waals surface area contributed by atoms with Crippen LogP contribution in [0.3, 0.4) is 0 Å². The fourth-order valence-corrected chi connectivity index (χ4v) is 2.73. The quantitative estimate of drug-likeness (QED) is 0.673. The van der Waals surface area contributed by atoms with Crippen molar-refractivity contribution < 1.29 is 4.79 Å². The molecule has 1 amide bonds.